The van der Waals surface area contributed by atoms with E-state index in [1.165, 1.54) is 11.8 Å². The molecule has 0 aliphatic carbocycles. The van der Waals surface area contributed by atoms with Crippen LogP contribution in [0.1, 0.15) is 0 Å². The van der Waals surface area contributed by atoms with Gasteiger partial charge < -0.3 is 5.32 Å². The van der Waals surface area contributed by atoms with Gasteiger partial charge in [0.1, 0.15) is 11.0 Å². The second-order valence-corrected chi connectivity index (χ2v) is 5.48. The SMILES string of the molecule is CSc1nc(Cl)cc(NCCS(C)=O)n1. The summed E-state index contributed by atoms with van der Waals surface area (Å²) in [7, 11) is -0.796. The van der Waals surface area contributed by atoms with Crippen molar-refractivity contribution >= 4 is 40.0 Å². The van der Waals surface area contributed by atoms with Crippen LogP contribution >= 0.6 is 23.4 Å². The Morgan fingerprint density at radius 3 is 2.93 bits per heavy atom. The Kier molecular flexibility index (Phi) is 5.35. The molecule has 0 fully saturated rings. The van der Waals surface area contributed by atoms with Gasteiger partial charge in [-0.05, 0) is 6.26 Å². The van der Waals surface area contributed by atoms with E-state index in [0.717, 1.165) is 0 Å². The molecule has 0 amide bonds. The van der Waals surface area contributed by atoms with Gasteiger partial charge >= 0.3 is 0 Å². The quantitative estimate of drug-likeness (QED) is 0.498. The van der Waals surface area contributed by atoms with Gasteiger partial charge in [-0.25, -0.2) is 9.97 Å². The first-order chi connectivity index (χ1) is 7.11. The molecule has 7 heteroatoms. The zero-order valence-electron chi connectivity index (χ0n) is 8.49. The Balaban J connectivity index is 2.60. The number of nitrogens with one attached hydrogen (secondary N) is 1. The normalized spacial score (nSPS) is 12.5. The minimum absolute atomic E-state index is 0.412. The fourth-order valence-electron chi connectivity index (χ4n) is 0.901. The van der Waals surface area contributed by atoms with E-state index in [1.807, 2.05) is 6.26 Å². The molecule has 1 rings (SSSR count). The van der Waals surface area contributed by atoms with Crippen molar-refractivity contribution in [3.05, 3.63) is 11.2 Å². The van der Waals surface area contributed by atoms with Gasteiger partial charge in [0, 0.05) is 35.4 Å². The second-order valence-electron chi connectivity index (χ2n) is 2.77. The van der Waals surface area contributed by atoms with E-state index in [4.69, 9.17) is 11.6 Å². The van der Waals surface area contributed by atoms with Gasteiger partial charge in [0.25, 0.3) is 0 Å². The smallest absolute Gasteiger partial charge is 0.190 e. The molecule has 1 aromatic rings. The van der Waals surface area contributed by atoms with Crippen molar-refractivity contribution in [3.8, 4) is 0 Å². The first-order valence-corrected chi connectivity index (χ1v) is 7.57. The van der Waals surface area contributed by atoms with Gasteiger partial charge in [0.15, 0.2) is 5.16 Å². The summed E-state index contributed by atoms with van der Waals surface area (Å²) in [6.07, 6.45) is 3.55. The summed E-state index contributed by atoms with van der Waals surface area (Å²) in [6.45, 7) is 0.615. The number of rotatable bonds is 5. The minimum Gasteiger partial charge on any atom is -0.369 e. The molecule has 0 spiro atoms. The van der Waals surface area contributed by atoms with Gasteiger partial charge in [-0.1, -0.05) is 23.4 Å². The van der Waals surface area contributed by atoms with Crippen LogP contribution in [0.15, 0.2) is 11.2 Å². The third kappa shape index (κ3) is 4.81. The van der Waals surface area contributed by atoms with Crippen molar-refractivity contribution in [3.63, 3.8) is 0 Å². The lowest BCUT2D eigenvalue weighted by Gasteiger charge is -2.05. The van der Waals surface area contributed by atoms with E-state index < -0.39 is 10.8 Å². The Morgan fingerprint density at radius 1 is 1.60 bits per heavy atom. The van der Waals surface area contributed by atoms with Crippen molar-refractivity contribution in [2.75, 3.05) is 30.1 Å². The molecule has 1 aromatic heterocycles. The largest absolute Gasteiger partial charge is 0.369 e. The third-order valence-electron chi connectivity index (χ3n) is 1.55. The summed E-state index contributed by atoms with van der Waals surface area (Å²) in [6, 6.07) is 1.65. The van der Waals surface area contributed by atoms with Crippen LogP contribution in [0.5, 0.6) is 0 Å². The van der Waals surface area contributed by atoms with E-state index >= 15 is 0 Å². The van der Waals surface area contributed by atoms with Gasteiger partial charge in [-0.3, -0.25) is 4.21 Å². The predicted molar refractivity (Wildman–Crippen MR) is 66.2 cm³/mol. The van der Waals surface area contributed by atoms with Crippen LogP contribution in [0.4, 0.5) is 5.82 Å². The Hall–Kier alpha value is -0.330. The fraction of sp³-hybridized carbons (Fsp3) is 0.500. The maximum absolute atomic E-state index is 10.8. The maximum atomic E-state index is 10.8. The van der Waals surface area contributed by atoms with Gasteiger partial charge in [-0.2, -0.15) is 0 Å². The van der Waals surface area contributed by atoms with Crippen LogP contribution in [0.3, 0.4) is 0 Å². The lowest BCUT2D eigenvalue weighted by molar-refractivity contribution is 0.687. The molecule has 0 saturated heterocycles. The summed E-state index contributed by atoms with van der Waals surface area (Å²) in [5, 5.41) is 4.09. The number of halogens is 1. The molecule has 0 bridgehead atoms. The molecule has 0 aromatic carbocycles. The summed E-state index contributed by atoms with van der Waals surface area (Å²) >= 11 is 7.24. The number of nitrogens with zero attached hydrogens (tertiary/aromatic N) is 2. The van der Waals surface area contributed by atoms with Crippen LogP contribution in [0.2, 0.25) is 5.15 Å². The molecule has 4 nitrogen and oxygen atoms in total. The summed E-state index contributed by atoms with van der Waals surface area (Å²) in [5.41, 5.74) is 0. The molecule has 84 valence electrons. The molecule has 0 radical (unpaired) electrons. The molecular weight excluding hydrogens is 254 g/mol. The number of anilines is 1. The molecule has 0 saturated carbocycles. The standard InChI is InChI=1S/C8H12ClN3OS2/c1-14-8-11-6(9)5-7(12-8)10-3-4-15(2)13/h5H,3-4H2,1-2H3,(H,10,11,12). The maximum Gasteiger partial charge on any atom is 0.190 e. The van der Waals surface area contributed by atoms with Crippen LogP contribution in [-0.2, 0) is 10.8 Å². The van der Waals surface area contributed by atoms with Gasteiger partial charge in [-0.15, -0.1) is 0 Å². The van der Waals surface area contributed by atoms with Crippen LogP contribution < -0.4 is 5.32 Å². The van der Waals surface area contributed by atoms with Crippen LogP contribution in [0, 0.1) is 0 Å². The van der Waals surface area contributed by atoms with E-state index in [1.54, 1.807) is 12.3 Å². The monoisotopic (exact) mass is 265 g/mol. The molecule has 1 heterocycles. The topological polar surface area (TPSA) is 54.9 Å². The first-order valence-electron chi connectivity index (χ1n) is 4.24. The number of aromatic nitrogens is 2. The molecular formula is C8H12ClN3OS2. The fourth-order valence-corrected chi connectivity index (χ4v) is 1.90. The molecule has 15 heavy (non-hydrogen) atoms. The Bertz CT molecular complexity index is 362. The number of hydrogen-bond donors (Lipinski definition) is 1. The first kappa shape index (κ1) is 12.7. The van der Waals surface area contributed by atoms with Gasteiger partial charge in [0.05, 0.1) is 0 Å². The average Bonchev–Trinajstić information content (AvgIpc) is 2.16. The van der Waals surface area contributed by atoms with E-state index in [2.05, 4.69) is 15.3 Å². The minimum atomic E-state index is -0.796. The van der Waals surface area contributed by atoms with E-state index in [-0.39, 0.29) is 0 Å². The molecule has 0 aliphatic rings. The highest BCUT2D eigenvalue weighted by Crippen LogP contribution is 2.16. The van der Waals surface area contributed by atoms with Crippen molar-refractivity contribution in [1.82, 2.24) is 9.97 Å². The Labute approximate surface area is 101 Å². The Morgan fingerprint density at radius 2 is 2.33 bits per heavy atom. The highest BCUT2D eigenvalue weighted by molar-refractivity contribution is 7.98. The lowest BCUT2D eigenvalue weighted by atomic mass is 10.5. The van der Waals surface area contributed by atoms with Crippen LogP contribution in [-0.4, -0.2) is 39.0 Å². The summed E-state index contributed by atoms with van der Waals surface area (Å²) < 4.78 is 10.8. The highest BCUT2D eigenvalue weighted by Gasteiger charge is 2.01. The van der Waals surface area contributed by atoms with Crippen LogP contribution in [0.25, 0.3) is 0 Å². The number of hydrogen-bond acceptors (Lipinski definition) is 5. The zero-order valence-corrected chi connectivity index (χ0v) is 10.9. The van der Waals surface area contributed by atoms with E-state index in [9.17, 15) is 4.21 Å². The third-order valence-corrected chi connectivity index (χ3v) is 3.07. The summed E-state index contributed by atoms with van der Waals surface area (Å²) in [4.78, 5) is 8.22. The lowest BCUT2D eigenvalue weighted by Crippen LogP contribution is -2.11. The molecule has 1 N–H and O–H groups in total. The zero-order chi connectivity index (χ0) is 11.3. The van der Waals surface area contributed by atoms with Crippen molar-refractivity contribution < 1.29 is 4.21 Å². The molecule has 1 atom stereocenters. The van der Waals surface area contributed by atoms with Crippen molar-refractivity contribution in [1.29, 1.82) is 0 Å². The van der Waals surface area contributed by atoms with Crippen molar-refractivity contribution in [2.24, 2.45) is 0 Å². The van der Waals surface area contributed by atoms with E-state index in [0.29, 0.717) is 28.4 Å². The molecule has 1 unspecified atom stereocenters. The average molecular weight is 266 g/mol. The molecule has 0 aliphatic heterocycles. The van der Waals surface area contributed by atoms with Gasteiger partial charge in [0.2, 0.25) is 0 Å². The summed E-state index contributed by atoms with van der Waals surface area (Å²) in [5.74, 6) is 1.26. The predicted octanol–water partition coefficient (Wildman–Crippen LogP) is 1.64. The number of thioether (sulfide) groups is 1. The second kappa shape index (κ2) is 6.30. The highest BCUT2D eigenvalue weighted by atomic mass is 35.5. The van der Waals surface area contributed by atoms with Crippen molar-refractivity contribution in [2.45, 2.75) is 5.16 Å².